The van der Waals surface area contributed by atoms with Crippen LogP contribution in [-0.2, 0) is 9.09 Å². The smallest absolute Gasteiger partial charge is 0.352 e. The van der Waals surface area contributed by atoms with Crippen molar-refractivity contribution in [2.24, 2.45) is 0 Å². The van der Waals surface area contributed by atoms with E-state index in [1.807, 2.05) is 0 Å². The Labute approximate surface area is 130 Å². The first kappa shape index (κ1) is 16.6. The quantitative estimate of drug-likeness (QED) is 0.450. The SMILES string of the molecule is CCOP(=O)(O)C(Nc1ccccn1)c1ccc([N+](=O)[O-])s1. The minimum Gasteiger partial charge on any atom is -0.352 e. The van der Waals surface area contributed by atoms with Gasteiger partial charge >= 0.3 is 12.6 Å². The molecule has 118 valence electrons. The van der Waals surface area contributed by atoms with E-state index in [1.165, 1.54) is 18.3 Å². The van der Waals surface area contributed by atoms with E-state index in [2.05, 4.69) is 10.3 Å². The van der Waals surface area contributed by atoms with Gasteiger partial charge in [0.05, 0.1) is 11.5 Å². The average Bonchev–Trinajstić information content (AvgIpc) is 2.95. The zero-order valence-corrected chi connectivity index (χ0v) is 13.3. The molecule has 22 heavy (non-hydrogen) atoms. The van der Waals surface area contributed by atoms with Crippen molar-refractivity contribution in [2.45, 2.75) is 12.7 Å². The maximum absolute atomic E-state index is 12.4. The number of rotatable bonds is 7. The zero-order valence-electron chi connectivity index (χ0n) is 11.6. The standard InChI is InChI=1S/C12H14N3O5PS/c1-2-20-21(18,19)12(14-10-5-3-4-8-13-10)9-6-7-11(22-9)15(16)17/h3-8,12H,2H2,1H3,(H,13,14)(H,18,19). The molecule has 2 N–H and O–H groups in total. The number of anilines is 1. The number of nitrogens with one attached hydrogen (secondary N) is 1. The molecule has 0 amide bonds. The Morgan fingerprint density at radius 2 is 2.27 bits per heavy atom. The van der Waals surface area contributed by atoms with Crippen molar-refractivity contribution in [3.8, 4) is 0 Å². The first-order chi connectivity index (χ1) is 10.4. The Kier molecular flexibility index (Phi) is 5.25. The van der Waals surface area contributed by atoms with Gasteiger partial charge in [-0.3, -0.25) is 14.7 Å². The number of hydrogen-bond donors (Lipinski definition) is 2. The van der Waals surface area contributed by atoms with Crippen LogP contribution in [-0.4, -0.2) is 21.4 Å². The largest absolute Gasteiger partial charge is 0.355 e. The highest BCUT2D eigenvalue weighted by atomic mass is 32.1. The van der Waals surface area contributed by atoms with Crippen molar-refractivity contribution in [3.63, 3.8) is 0 Å². The second-order valence-electron chi connectivity index (χ2n) is 4.18. The Bertz CT molecular complexity index is 693. The third-order valence-electron chi connectivity index (χ3n) is 2.65. The molecule has 0 aliphatic carbocycles. The van der Waals surface area contributed by atoms with Crippen molar-refractivity contribution in [3.05, 3.63) is 51.5 Å². The molecular weight excluding hydrogens is 329 g/mol. The number of thiophene rings is 1. The maximum atomic E-state index is 12.4. The van der Waals surface area contributed by atoms with Gasteiger partial charge in [0.2, 0.25) is 0 Å². The van der Waals surface area contributed by atoms with Gasteiger partial charge in [0.15, 0.2) is 5.78 Å². The molecule has 2 heterocycles. The van der Waals surface area contributed by atoms with Crippen LogP contribution in [0, 0.1) is 10.1 Å². The van der Waals surface area contributed by atoms with Crippen LogP contribution in [0.3, 0.4) is 0 Å². The second-order valence-corrected chi connectivity index (χ2v) is 7.17. The van der Waals surface area contributed by atoms with Crippen molar-refractivity contribution < 1.29 is 18.9 Å². The van der Waals surface area contributed by atoms with E-state index >= 15 is 0 Å². The molecule has 8 nitrogen and oxygen atoms in total. The van der Waals surface area contributed by atoms with Crippen molar-refractivity contribution >= 4 is 29.8 Å². The van der Waals surface area contributed by atoms with Crippen LogP contribution >= 0.6 is 18.9 Å². The van der Waals surface area contributed by atoms with E-state index in [0.717, 1.165) is 11.3 Å². The third-order valence-corrected chi connectivity index (χ3v) is 5.62. The van der Waals surface area contributed by atoms with E-state index in [1.54, 1.807) is 25.1 Å². The predicted octanol–water partition coefficient (Wildman–Crippen LogP) is 3.38. The molecule has 0 radical (unpaired) electrons. The van der Waals surface area contributed by atoms with Gasteiger partial charge in [0, 0.05) is 17.1 Å². The summed E-state index contributed by atoms with van der Waals surface area (Å²) in [5.74, 6) is -0.751. The molecular formula is C12H14N3O5PS. The molecule has 2 aromatic heterocycles. The number of nitrogens with zero attached hydrogens (tertiary/aromatic N) is 2. The van der Waals surface area contributed by atoms with Crippen LogP contribution in [0.1, 0.15) is 17.6 Å². The van der Waals surface area contributed by atoms with E-state index in [0.29, 0.717) is 10.7 Å². The predicted molar refractivity (Wildman–Crippen MR) is 83.0 cm³/mol. The Balaban J connectivity index is 2.36. The summed E-state index contributed by atoms with van der Waals surface area (Å²) in [6.07, 6.45) is 1.53. The lowest BCUT2D eigenvalue weighted by Gasteiger charge is -2.22. The molecule has 10 heteroatoms. The topological polar surface area (TPSA) is 115 Å². The summed E-state index contributed by atoms with van der Waals surface area (Å²) in [4.78, 5) is 24.7. The Morgan fingerprint density at radius 1 is 1.50 bits per heavy atom. The summed E-state index contributed by atoms with van der Waals surface area (Å²) in [5.41, 5.74) is 0. The van der Waals surface area contributed by atoms with Crippen molar-refractivity contribution in [1.82, 2.24) is 4.98 Å². The van der Waals surface area contributed by atoms with Crippen molar-refractivity contribution in [2.75, 3.05) is 11.9 Å². The molecule has 0 aromatic carbocycles. The molecule has 0 saturated carbocycles. The highest BCUT2D eigenvalue weighted by molar-refractivity contribution is 7.53. The van der Waals surface area contributed by atoms with E-state index in [4.69, 9.17) is 4.52 Å². The molecule has 0 spiro atoms. The molecule has 2 aromatic rings. The third kappa shape index (κ3) is 3.89. The first-order valence-electron chi connectivity index (χ1n) is 6.32. The molecule has 0 aliphatic heterocycles. The highest BCUT2D eigenvalue weighted by Gasteiger charge is 2.36. The van der Waals surface area contributed by atoms with Gasteiger partial charge in [0.25, 0.3) is 0 Å². The van der Waals surface area contributed by atoms with Gasteiger partial charge in [-0.2, -0.15) is 0 Å². The van der Waals surface area contributed by atoms with E-state index in [9.17, 15) is 19.6 Å². The monoisotopic (exact) mass is 343 g/mol. The normalized spacial score (nSPS) is 15.0. The Morgan fingerprint density at radius 3 is 2.82 bits per heavy atom. The molecule has 0 fully saturated rings. The molecule has 2 rings (SSSR count). The lowest BCUT2D eigenvalue weighted by Crippen LogP contribution is -2.12. The molecule has 0 saturated heterocycles. The van der Waals surface area contributed by atoms with Crippen molar-refractivity contribution in [1.29, 1.82) is 0 Å². The average molecular weight is 343 g/mol. The van der Waals surface area contributed by atoms with E-state index in [-0.39, 0.29) is 11.6 Å². The van der Waals surface area contributed by atoms with Gasteiger partial charge < -0.3 is 14.7 Å². The van der Waals surface area contributed by atoms with Crippen LogP contribution in [0.25, 0.3) is 0 Å². The van der Waals surface area contributed by atoms with Gasteiger partial charge in [-0.05, 0) is 25.1 Å². The summed E-state index contributed by atoms with van der Waals surface area (Å²) >= 11 is 0.819. The fourth-order valence-corrected chi connectivity index (χ4v) is 4.29. The highest BCUT2D eigenvalue weighted by Crippen LogP contribution is 2.57. The zero-order chi connectivity index (χ0) is 16.2. The number of pyridine rings is 1. The molecule has 2 unspecified atom stereocenters. The minimum absolute atomic E-state index is 0.0433. The summed E-state index contributed by atoms with van der Waals surface area (Å²) in [6.45, 7) is 1.64. The van der Waals surface area contributed by atoms with Gasteiger partial charge in [-0.15, -0.1) is 0 Å². The van der Waals surface area contributed by atoms with Crippen LogP contribution in [0.4, 0.5) is 10.8 Å². The molecule has 0 aliphatic rings. The number of hydrogen-bond acceptors (Lipinski definition) is 7. The van der Waals surface area contributed by atoms with Crippen LogP contribution in [0.2, 0.25) is 0 Å². The fourth-order valence-electron chi connectivity index (χ4n) is 1.75. The van der Waals surface area contributed by atoms with Crippen LogP contribution in [0.15, 0.2) is 36.5 Å². The lowest BCUT2D eigenvalue weighted by molar-refractivity contribution is -0.380. The van der Waals surface area contributed by atoms with Crippen LogP contribution in [0.5, 0.6) is 0 Å². The molecule has 0 bridgehead atoms. The Hall–Kier alpha value is -1.80. The fraction of sp³-hybridized carbons (Fsp3) is 0.250. The maximum Gasteiger partial charge on any atom is 0.355 e. The summed E-state index contributed by atoms with van der Waals surface area (Å²) < 4.78 is 17.3. The van der Waals surface area contributed by atoms with Gasteiger partial charge in [-0.25, -0.2) is 4.98 Å². The molecule has 2 atom stereocenters. The second kappa shape index (κ2) is 6.97. The summed E-state index contributed by atoms with van der Waals surface area (Å²) in [6, 6.07) is 7.77. The minimum atomic E-state index is -4.07. The van der Waals surface area contributed by atoms with E-state index < -0.39 is 18.3 Å². The summed E-state index contributed by atoms with van der Waals surface area (Å²) in [5, 5.41) is 13.5. The van der Waals surface area contributed by atoms with Gasteiger partial charge in [-0.1, -0.05) is 17.4 Å². The summed E-state index contributed by atoms with van der Waals surface area (Å²) in [7, 11) is -4.07. The first-order valence-corrected chi connectivity index (χ1v) is 8.79. The van der Waals surface area contributed by atoms with Crippen LogP contribution < -0.4 is 5.32 Å². The number of nitro groups is 1. The van der Waals surface area contributed by atoms with Gasteiger partial charge in [0.1, 0.15) is 5.82 Å². The lowest BCUT2D eigenvalue weighted by atomic mass is 10.4. The number of aromatic nitrogens is 1.